The number of rotatable bonds is 6. The Hall–Kier alpha value is -1.97. The predicted molar refractivity (Wildman–Crippen MR) is 97.9 cm³/mol. The molecule has 0 radical (unpaired) electrons. The summed E-state index contributed by atoms with van der Waals surface area (Å²) in [6.45, 7) is 1.48. The number of sulfone groups is 1. The van der Waals surface area contributed by atoms with Crippen LogP contribution in [0.25, 0.3) is 11.1 Å². The van der Waals surface area contributed by atoms with Crippen molar-refractivity contribution in [2.75, 3.05) is 38.4 Å². The molecule has 0 saturated carbocycles. The lowest BCUT2D eigenvalue weighted by Gasteiger charge is -2.34. The van der Waals surface area contributed by atoms with Crippen LogP contribution in [0, 0.1) is 0 Å². The van der Waals surface area contributed by atoms with Gasteiger partial charge in [0.2, 0.25) is 5.91 Å². The average Bonchev–Trinajstić information content (AvgIpc) is 3.01. The molecule has 1 aromatic heterocycles. The molecule has 0 unspecified atom stereocenters. The molecule has 1 fully saturated rings. The molecule has 2 aromatic rings. The molecular formula is C17H23N3O5S. The third-order valence-corrected chi connectivity index (χ3v) is 6.76. The van der Waals surface area contributed by atoms with Gasteiger partial charge in [-0.3, -0.25) is 4.79 Å². The highest BCUT2D eigenvalue weighted by Gasteiger charge is 2.48. The van der Waals surface area contributed by atoms with E-state index in [-0.39, 0.29) is 12.8 Å². The summed E-state index contributed by atoms with van der Waals surface area (Å²) in [6, 6.07) is 5.08. The molecule has 9 heteroatoms. The molecule has 3 rings (SSSR count). The van der Waals surface area contributed by atoms with E-state index in [0.717, 1.165) is 6.26 Å². The van der Waals surface area contributed by atoms with Crippen LogP contribution in [0.4, 0.5) is 5.69 Å². The van der Waals surface area contributed by atoms with Gasteiger partial charge in [-0.25, -0.2) is 13.4 Å². The van der Waals surface area contributed by atoms with Crippen molar-refractivity contribution in [2.45, 2.75) is 24.0 Å². The molecule has 1 saturated heterocycles. The van der Waals surface area contributed by atoms with Crippen LogP contribution in [-0.2, 0) is 25.8 Å². The van der Waals surface area contributed by atoms with Crippen molar-refractivity contribution in [3.8, 4) is 0 Å². The summed E-state index contributed by atoms with van der Waals surface area (Å²) < 4.78 is 33.9. The van der Waals surface area contributed by atoms with E-state index in [1.54, 1.807) is 25.3 Å². The van der Waals surface area contributed by atoms with Crippen molar-refractivity contribution in [2.24, 2.45) is 0 Å². The van der Waals surface area contributed by atoms with Gasteiger partial charge < -0.3 is 19.8 Å². The van der Waals surface area contributed by atoms with Crippen LogP contribution in [0.5, 0.6) is 0 Å². The number of amides is 1. The normalized spacial score (nSPS) is 17.3. The molecule has 2 N–H and O–H groups in total. The first-order valence-electron chi connectivity index (χ1n) is 8.46. The number of nitrogens with zero attached hydrogens (tertiary/aromatic N) is 1. The van der Waals surface area contributed by atoms with Gasteiger partial charge in [-0.15, -0.1) is 0 Å². The maximum Gasteiger partial charge on any atom is 0.245 e. The summed E-state index contributed by atoms with van der Waals surface area (Å²) in [5.41, 5.74) is 1.71. The van der Waals surface area contributed by atoms with Gasteiger partial charge in [0.05, 0.1) is 6.61 Å². The first kappa shape index (κ1) is 18.8. The highest BCUT2D eigenvalue weighted by molar-refractivity contribution is 7.92. The molecule has 0 bridgehead atoms. The number of hydrogen-bond acceptors (Lipinski definition) is 7. The van der Waals surface area contributed by atoms with Crippen molar-refractivity contribution in [1.29, 1.82) is 0 Å². The Bertz CT molecular complexity index is 900. The predicted octanol–water partition coefficient (Wildman–Crippen LogP) is 1.12. The van der Waals surface area contributed by atoms with Crippen molar-refractivity contribution in [1.82, 2.24) is 10.3 Å². The minimum atomic E-state index is -3.56. The van der Waals surface area contributed by atoms with Crippen LogP contribution in [0.3, 0.4) is 0 Å². The van der Waals surface area contributed by atoms with Gasteiger partial charge >= 0.3 is 0 Å². The monoisotopic (exact) mass is 381 g/mol. The van der Waals surface area contributed by atoms with Crippen molar-refractivity contribution < 1.29 is 22.4 Å². The number of aromatic nitrogens is 1. The van der Waals surface area contributed by atoms with E-state index < -0.39 is 20.5 Å². The smallest absolute Gasteiger partial charge is 0.245 e. The molecular weight excluding hydrogens is 358 g/mol. The number of oxazole rings is 1. The van der Waals surface area contributed by atoms with Crippen molar-refractivity contribution in [3.05, 3.63) is 24.1 Å². The van der Waals surface area contributed by atoms with Crippen LogP contribution in [0.1, 0.15) is 18.7 Å². The summed E-state index contributed by atoms with van der Waals surface area (Å²) >= 11 is 0. The molecule has 0 aliphatic carbocycles. The van der Waals surface area contributed by atoms with Crippen LogP contribution < -0.4 is 10.6 Å². The Labute approximate surface area is 152 Å². The van der Waals surface area contributed by atoms with Crippen molar-refractivity contribution >= 4 is 32.5 Å². The molecule has 8 nitrogen and oxygen atoms in total. The standard InChI is InChI=1S/C17H23N3O5S/c1-24-10-5-15-20-13-11-12(3-4-14(13)25-15)19-16(21)17(26(2,22)23)6-8-18-9-7-17/h3-4,11,18H,5-10H2,1-2H3,(H,19,21). The molecule has 26 heavy (non-hydrogen) atoms. The van der Waals surface area contributed by atoms with Gasteiger partial charge in [0.1, 0.15) is 5.52 Å². The average molecular weight is 381 g/mol. The lowest BCUT2D eigenvalue weighted by molar-refractivity contribution is -0.119. The number of piperidine rings is 1. The zero-order valence-corrected chi connectivity index (χ0v) is 15.7. The molecule has 1 aromatic carbocycles. The summed E-state index contributed by atoms with van der Waals surface area (Å²) in [7, 11) is -1.95. The van der Waals surface area contributed by atoms with Crippen molar-refractivity contribution in [3.63, 3.8) is 0 Å². The molecule has 2 heterocycles. The topological polar surface area (TPSA) is 111 Å². The van der Waals surface area contributed by atoms with Gasteiger partial charge in [0.15, 0.2) is 26.1 Å². The second-order valence-electron chi connectivity index (χ2n) is 6.50. The number of fused-ring (bicyclic) bond motifs is 1. The minimum absolute atomic E-state index is 0.255. The Morgan fingerprint density at radius 3 is 2.77 bits per heavy atom. The Kier molecular flexibility index (Phi) is 5.31. The lowest BCUT2D eigenvalue weighted by atomic mass is 9.95. The number of benzene rings is 1. The van der Waals surface area contributed by atoms with E-state index in [9.17, 15) is 13.2 Å². The number of carbonyl (C=O) groups excluding carboxylic acids is 1. The van der Waals surface area contributed by atoms with Gasteiger partial charge in [0.25, 0.3) is 0 Å². The molecule has 1 aliphatic heterocycles. The Morgan fingerprint density at radius 1 is 1.38 bits per heavy atom. The first-order valence-corrected chi connectivity index (χ1v) is 10.3. The lowest BCUT2D eigenvalue weighted by Crippen LogP contribution is -2.55. The first-order chi connectivity index (χ1) is 12.4. The van der Waals surface area contributed by atoms with E-state index >= 15 is 0 Å². The number of carbonyl (C=O) groups is 1. The fourth-order valence-electron chi connectivity index (χ4n) is 3.19. The van der Waals surface area contributed by atoms with Crippen LogP contribution in [-0.4, -0.2) is 57.1 Å². The second kappa shape index (κ2) is 7.34. The number of methoxy groups -OCH3 is 1. The third kappa shape index (κ3) is 3.60. The summed E-state index contributed by atoms with van der Waals surface area (Å²) in [6.07, 6.45) is 2.19. The van der Waals surface area contributed by atoms with Gasteiger partial charge in [-0.2, -0.15) is 0 Å². The second-order valence-corrected chi connectivity index (χ2v) is 8.83. The molecule has 0 spiro atoms. The zero-order valence-electron chi connectivity index (χ0n) is 14.9. The minimum Gasteiger partial charge on any atom is -0.441 e. The zero-order chi connectivity index (χ0) is 18.8. The number of nitrogens with one attached hydrogen (secondary N) is 2. The van der Waals surface area contributed by atoms with Gasteiger partial charge in [-0.1, -0.05) is 0 Å². The maximum atomic E-state index is 12.8. The fourth-order valence-corrected chi connectivity index (χ4v) is 4.52. The van der Waals surface area contributed by atoms with E-state index in [1.165, 1.54) is 0 Å². The fraction of sp³-hybridized carbons (Fsp3) is 0.529. The Balaban J connectivity index is 1.83. The highest BCUT2D eigenvalue weighted by Crippen LogP contribution is 2.30. The van der Waals surface area contributed by atoms with Gasteiger partial charge in [-0.05, 0) is 44.1 Å². The maximum absolute atomic E-state index is 12.8. The van der Waals surface area contributed by atoms with E-state index in [0.29, 0.717) is 48.8 Å². The number of hydrogen-bond donors (Lipinski definition) is 2. The Morgan fingerprint density at radius 2 is 2.12 bits per heavy atom. The van der Waals surface area contributed by atoms with E-state index in [4.69, 9.17) is 9.15 Å². The molecule has 0 atom stereocenters. The largest absolute Gasteiger partial charge is 0.441 e. The van der Waals surface area contributed by atoms with E-state index in [1.807, 2.05) is 0 Å². The molecule has 1 aliphatic rings. The quantitative estimate of drug-likeness (QED) is 0.771. The molecule has 1 amide bonds. The summed E-state index contributed by atoms with van der Waals surface area (Å²) in [5.74, 6) is 0.0558. The molecule has 142 valence electrons. The SMILES string of the molecule is COCCc1nc2cc(NC(=O)C3(S(C)(=O)=O)CCNCC3)ccc2o1. The number of ether oxygens (including phenoxy) is 1. The van der Waals surface area contributed by atoms with Gasteiger partial charge in [0, 0.05) is 25.5 Å². The van der Waals surface area contributed by atoms with E-state index in [2.05, 4.69) is 15.6 Å². The van der Waals surface area contributed by atoms with Crippen LogP contribution in [0.15, 0.2) is 22.6 Å². The summed E-state index contributed by atoms with van der Waals surface area (Å²) in [5, 5.41) is 5.85. The third-order valence-electron chi connectivity index (χ3n) is 4.74. The number of anilines is 1. The van der Waals surface area contributed by atoms with Crippen LogP contribution >= 0.6 is 0 Å². The summed E-state index contributed by atoms with van der Waals surface area (Å²) in [4.78, 5) is 17.2. The highest BCUT2D eigenvalue weighted by atomic mass is 32.2. The van der Waals surface area contributed by atoms with Crippen LogP contribution in [0.2, 0.25) is 0 Å².